The molecule has 6 aliphatic rings. The normalized spacial score (nSPS) is 16.3. The van der Waals surface area contributed by atoms with Crippen molar-refractivity contribution in [1.29, 1.82) is 0 Å². The van der Waals surface area contributed by atoms with Gasteiger partial charge in [-0.15, -0.1) is 0 Å². The molecule has 0 unspecified atom stereocenters. The Bertz CT molecular complexity index is 4970. The maximum atomic E-state index is 12.9. The lowest BCUT2D eigenvalue weighted by Gasteiger charge is -2.38. The summed E-state index contributed by atoms with van der Waals surface area (Å²) in [5, 5.41) is 12.6. The predicted octanol–water partition coefficient (Wildman–Crippen LogP) is 16.0. The number of benzene rings is 5. The predicted molar refractivity (Wildman–Crippen MR) is 496 cm³/mol. The molecule has 2 amide bonds. The average molecular weight is 1830 g/mol. The number of hydrogen-bond donors (Lipinski definition) is 2. The van der Waals surface area contributed by atoms with Gasteiger partial charge in [-0.25, -0.2) is 0 Å². The SMILES string of the molecule is CCOC(=O)C1CCN(c2ccc(Cl)c(-c3ccc(C)cn3)c2)CC1.Cc1ccc(-c2cc(Br)ccc2Cl)nc1.Cc1ccc(-c2cc(N3CCC(C(=O)N4CCN(C)CC4)CC3)ccc2Cl)nc1.Cc1ccc(-c2cc(N3CCC(C(=O)N4CC[NH+](C)CC4)CC3)ccc2Cl)nc1.Cc1ccc(-c2cc(N3CCC(C(=O)O)CC3)ccc2Cl)nc1.[Cl-]. The molecule has 122 heavy (non-hydrogen) atoms. The molecule has 2 N–H and O–H groups in total. The first kappa shape index (κ1) is 93.8. The number of carbonyl (C=O) groups is 4. The van der Waals surface area contributed by atoms with Crippen LogP contribution in [0.4, 0.5) is 22.7 Å². The molecule has 0 aliphatic carbocycles. The topological polar surface area (TPSA) is 189 Å². The van der Waals surface area contributed by atoms with E-state index < -0.39 is 5.97 Å². The van der Waals surface area contributed by atoms with Crippen LogP contribution >= 0.6 is 73.9 Å². The number of ether oxygens (including phenoxy) is 1. The van der Waals surface area contributed by atoms with Crippen LogP contribution < -0.4 is 36.9 Å². The highest BCUT2D eigenvalue weighted by atomic mass is 79.9. The molecule has 5 aromatic carbocycles. The Labute approximate surface area is 758 Å². The number of esters is 1. The maximum Gasteiger partial charge on any atom is 0.309 e. The highest BCUT2D eigenvalue weighted by Crippen LogP contribution is 2.39. The quantitative estimate of drug-likeness (QED) is 0.0977. The molecular formula is C96H110BrCl6N13O6. The van der Waals surface area contributed by atoms with Gasteiger partial charge < -0.3 is 61.4 Å². The van der Waals surface area contributed by atoms with E-state index in [2.05, 4.69) is 132 Å². The van der Waals surface area contributed by atoms with Crippen LogP contribution in [0, 0.1) is 58.3 Å². The van der Waals surface area contributed by atoms with E-state index in [1.807, 2.05) is 182 Å². The van der Waals surface area contributed by atoms with Gasteiger partial charge in [0.25, 0.3) is 0 Å². The molecule has 5 aromatic heterocycles. The van der Waals surface area contributed by atoms with Crippen molar-refractivity contribution in [2.75, 3.05) is 145 Å². The van der Waals surface area contributed by atoms with Gasteiger partial charge in [0.2, 0.25) is 11.8 Å². The molecule has 6 fully saturated rings. The molecule has 0 bridgehead atoms. The highest BCUT2D eigenvalue weighted by Gasteiger charge is 2.34. The number of quaternary nitrogens is 1. The minimum Gasteiger partial charge on any atom is -1.00 e. The van der Waals surface area contributed by atoms with Gasteiger partial charge >= 0.3 is 11.9 Å². The van der Waals surface area contributed by atoms with Crippen molar-refractivity contribution < 1.29 is 46.3 Å². The molecule has 6 aliphatic heterocycles. The third kappa shape index (κ3) is 25.6. The van der Waals surface area contributed by atoms with Crippen LogP contribution in [0.3, 0.4) is 0 Å². The van der Waals surface area contributed by atoms with E-state index in [1.165, 1.54) is 4.90 Å². The third-order valence-corrected chi connectivity index (χ3v) is 25.7. The van der Waals surface area contributed by atoms with Crippen LogP contribution in [0.15, 0.2) is 187 Å². The van der Waals surface area contributed by atoms with E-state index in [0.717, 1.165) is 260 Å². The number of aromatic nitrogens is 5. The van der Waals surface area contributed by atoms with Crippen LogP contribution in [0.1, 0.15) is 86.1 Å². The van der Waals surface area contributed by atoms with Gasteiger partial charge in [-0.3, -0.25) is 44.1 Å². The molecule has 0 radical (unpaired) electrons. The maximum absolute atomic E-state index is 12.9. The summed E-state index contributed by atoms with van der Waals surface area (Å²) in [6.45, 7) is 26.8. The molecule has 16 rings (SSSR count). The van der Waals surface area contributed by atoms with Crippen molar-refractivity contribution in [2.24, 2.45) is 23.7 Å². The fraction of sp³-hybridized carbons (Fsp3) is 0.385. The number of carboxylic acid groups (broad SMARTS) is 1. The minimum atomic E-state index is -0.690. The monoisotopic (exact) mass is 1830 g/mol. The Kier molecular flexibility index (Phi) is 34.7. The highest BCUT2D eigenvalue weighted by molar-refractivity contribution is 9.10. The smallest absolute Gasteiger partial charge is 0.309 e. The van der Waals surface area contributed by atoms with Gasteiger partial charge in [-0.1, -0.05) is 104 Å². The molecule has 11 heterocycles. The van der Waals surface area contributed by atoms with Gasteiger partial charge in [-0.2, -0.15) is 0 Å². The number of rotatable bonds is 14. The van der Waals surface area contributed by atoms with Crippen LogP contribution in [0.5, 0.6) is 0 Å². The van der Waals surface area contributed by atoms with E-state index in [-0.39, 0.29) is 42.0 Å². The van der Waals surface area contributed by atoms with E-state index in [9.17, 15) is 19.2 Å². The van der Waals surface area contributed by atoms with Crippen molar-refractivity contribution in [2.45, 2.75) is 92.9 Å². The first-order valence-electron chi connectivity index (χ1n) is 42.1. The van der Waals surface area contributed by atoms with Crippen molar-refractivity contribution in [3.8, 4) is 56.3 Å². The minimum absolute atomic E-state index is 0. The summed E-state index contributed by atoms with van der Waals surface area (Å²) in [6.07, 6.45) is 15.9. The fourth-order valence-corrected chi connectivity index (χ4v) is 17.3. The Morgan fingerprint density at radius 2 is 0.656 bits per heavy atom. The van der Waals surface area contributed by atoms with E-state index in [0.29, 0.717) is 51.4 Å². The number of aliphatic carboxylic acids is 1. The second-order valence-electron chi connectivity index (χ2n) is 32.4. The first-order valence-corrected chi connectivity index (χ1v) is 44.7. The number of anilines is 4. The largest absolute Gasteiger partial charge is 1.00 e. The van der Waals surface area contributed by atoms with Gasteiger partial charge in [0.1, 0.15) is 0 Å². The Morgan fingerprint density at radius 1 is 0.385 bits per heavy atom. The summed E-state index contributed by atoms with van der Waals surface area (Å²) in [7, 11) is 4.32. The average Bonchev–Trinajstić information content (AvgIpc) is 0.821. The van der Waals surface area contributed by atoms with Gasteiger partial charge in [-0.05, 0) is 249 Å². The van der Waals surface area contributed by atoms with Crippen LogP contribution in [0.25, 0.3) is 56.3 Å². The second-order valence-corrected chi connectivity index (χ2v) is 35.4. The van der Waals surface area contributed by atoms with Crippen LogP contribution in [0.2, 0.25) is 25.1 Å². The van der Waals surface area contributed by atoms with Gasteiger partial charge in [0.15, 0.2) is 0 Å². The number of nitrogens with one attached hydrogen (secondary N) is 1. The summed E-state index contributed by atoms with van der Waals surface area (Å²) in [4.78, 5) is 88.2. The fourth-order valence-electron chi connectivity index (χ4n) is 15.9. The van der Waals surface area contributed by atoms with E-state index in [1.54, 1.807) is 0 Å². The van der Waals surface area contributed by atoms with Crippen molar-refractivity contribution >= 4 is 120 Å². The van der Waals surface area contributed by atoms with Gasteiger partial charge in [0.05, 0.1) is 105 Å². The summed E-state index contributed by atoms with van der Waals surface area (Å²) in [6, 6.07) is 50.2. The number of carbonyl (C=O) groups excluding carboxylic acids is 3. The lowest BCUT2D eigenvalue weighted by molar-refractivity contribution is -0.883. The molecule has 19 nitrogen and oxygen atoms in total. The number of aryl methyl sites for hydroxylation is 5. The number of piperazine rings is 2. The van der Waals surface area contributed by atoms with Crippen molar-refractivity contribution in [3.05, 3.63) is 240 Å². The van der Waals surface area contributed by atoms with Crippen molar-refractivity contribution in [3.63, 3.8) is 0 Å². The molecule has 0 atom stereocenters. The van der Waals surface area contributed by atoms with Gasteiger partial charge in [0, 0.05) is 176 Å². The second kappa shape index (κ2) is 45.1. The lowest BCUT2D eigenvalue weighted by atomic mass is 9.94. The summed E-state index contributed by atoms with van der Waals surface area (Å²) in [5.41, 5.74) is 19.2. The summed E-state index contributed by atoms with van der Waals surface area (Å²) >= 11 is 35.2. The number of amides is 2. The number of piperidine rings is 4. The molecule has 644 valence electrons. The Hall–Kier alpha value is -8.93. The standard InChI is InChI=1S/2C23H29ClN4O.C20H23ClN2O2.C18H19ClN2O2.C12H9BrClN.ClH/c2*1-17-3-6-22(25-16-17)20-15-19(4-5-21(20)24)27-9-7-18(8-10-27)23(29)28-13-11-26(2)12-14-28;1-3-25-20(24)15-8-10-23(11-9-15)16-5-6-18(21)17(12-16)19-7-4-14(2)13-22-19;1-12-2-5-17(20-11-12)15-10-14(3-4-16(15)19)21-8-6-13(7-9-21)18(22)23;1-8-2-5-12(15-7-8)10-6-9(13)3-4-11(10)14;/h2*3-6,15-16,18H,7-14H2,1-2H3;4-7,12-13,15H,3,8-11H2,1-2H3;2-5,10-11,13H,6-9H2,1H3,(H,22,23);2-7H,1H3;1H. The Morgan fingerprint density at radius 3 is 0.934 bits per heavy atom. The van der Waals surface area contributed by atoms with E-state index >= 15 is 0 Å². The first-order chi connectivity index (χ1) is 58.3. The number of halogens is 7. The zero-order valence-electron chi connectivity index (χ0n) is 70.8. The van der Waals surface area contributed by atoms with Crippen molar-refractivity contribution in [1.82, 2.24) is 39.6 Å². The molecular weight excluding hydrogens is 1720 g/mol. The van der Waals surface area contributed by atoms with Crippen LogP contribution in [-0.4, -0.2) is 194 Å². The van der Waals surface area contributed by atoms with Crippen LogP contribution in [-0.2, 0) is 23.9 Å². The Balaban J connectivity index is 0.000000151. The zero-order chi connectivity index (χ0) is 85.8. The summed E-state index contributed by atoms with van der Waals surface area (Å²) in [5.74, 6) is 0.0539. The number of nitrogens with zero attached hydrogens (tertiary/aromatic N) is 12. The lowest BCUT2D eigenvalue weighted by Crippen LogP contribution is -3.12. The molecule has 0 saturated carbocycles. The molecule has 10 aromatic rings. The number of pyridine rings is 5. The number of likely N-dealkylation sites (N-methyl/N-ethyl adjacent to an activating group) is 2. The van der Waals surface area contributed by atoms with E-state index in [4.69, 9.17) is 67.8 Å². The number of carboxylic acids is 1. The molecule has 0 spiro atoms. The third-order valence-electron chi connectivity index (χ3n) is 23.5. The molecule has 26 heteroatoms. The molecule has 6 saturated heterocycles. The summed E-state index contributed by atoms with van der Waals surface area (Å²) < 4.78 is 6.15. The number of hydrogen-bond acceptors (Lipinski definition) is 15. The zero-order valence-corrected chi connectivity index (χ0v) is 76.9.